The lowest BCUT2D eigenvalue weighted by atomic mass is 10.0. The van der Waals surface area contributed by atoms with Gasteiger partial charge in [-0.05, 0) is 51.0 Å². The summed E-state index contributed by atoms with van der Waals surface area (Å²) in [5.74, 6) is 1.20. The molecule has 0 amide bonds. The highest BCUT2D eigenvalue weighted by Gasteiger charge is 2.19. The smallest absolute Gasteiger partial charge is 0.0120 e. The molecule has 1 N–H and O–H groups in total. The molecular formula is C16H26N2S. The maximum atomic E-state index is 3.46. The Morgan fingerprint density at radius 3 is 2.58 bits per heavy atom. The van der Waals surface area contributed by atoms with Crippen molar-refractivity contribution in [3.05, 3.63) is 30.3 Å². The Balaban J connectivity index is 1.76. The van der Waals surface area contributed by atoms with Gasteiger partial charge in [0, 0.05) is 23.2 Å². The second-order valence-corrected chi connectivity index (χ2v) is 6.35. The zero-order valence-corrected chi connectivity index (χ0v) is 12.8. The van der Waals surface area contributed by atoms with E-state index in [4.69, 9.17) is 0 Å². The SMILES string of the molecule is CCCN(CCSc1ccccc1)C1CCNCC1. The summed E-state index contributed by atoms with van der Waals surface area (Å²) in [6.45, 7) is 7.14. The van der Waals surface area contributed by atoms with Crippen LogP contribution < -0.4 is 5.32 Å². The highest BCUT2D eigenvalue weighted by Crippen LogP contribution is 2.19. The summed E-state index contributed by atoms with van der Waals surface area (Å²) < 4.78 is 0. The number of hydrogen-bond acceptors (Lipinski definition) is 3. The molecule has 1 fully saturated rings. The normalized spacial score (nSPS) is 16.9. The van der Waals surface area contributed by atoms with Crippen LogP contribution >= 0.6 is 11.8 Å². The van der Waals surface area contributed by atoms with Crippen molar-refractivity contribution < 1.29 is 0 Å². The van der Waals surface area contributed by atoms with Crippen LogP contribution in [-0.4, -0.2) is 42.9 Å². The van der Waals surface area contributed by atoms with E-state index in [9.17, 15) is 0 Å². The Bertz CT molecular complexity index is 336. The van der Waals surface area contributed by atoms with Crippen molar-refractivity contribution in [1.82, 2.24) is 10.2 Å². The van der Waals surface area contributed by atoms with Gasteiger partial charge in [-0.25, -0.2) is 0 Å². The largest absolute Gasteiger partial charge is 0.317 e. The second-order valence-electron chi connectivity index (χ2n) is 5.18. The van der Waals surface area contributed by atoms with E-state index in [-0.39, 0.29) is 0 Å². The summed E-state index contributed by atoms with van der Waals surface area (Å²) >= 11 is 1.98. The molecule has 0 saturated carbocycles. The van der Waals surface area contributed by atoms with Gasteiger partial charge in [0.2, 0.25) is 0 Å². The van der Waals surface area contributed by atoms with Crippen LogP contribution in [0.15, 0.2) is 35.2 Å². The number of hydrogen-bond donors (Lipinski definition) is 1. The summed E-state index contributed by atoms with van der Waals surface area (Å²) in [7, 11) is 0. The molecule has 0 spiro atoms. The maximum absolute atomic E-state index is 3.46. The minimum atomic E-state index is 0.803. The van der Waals surface area contributed by atoms with Crippen LogP contribution in [0.2, 0.25) is 0 Å². The molecule has 2 nitrogen and oxygen atoms in total. The van der Waals surface area contributed by atoms with Gasteiger partial charge in [0.25, 0.3) is 0 Å². The Hall–Kier alpha value is -0.510. The molecule has 106 valence electrons. The van der Waals surface area contributed by atoms with Gasteiger partial charge in [-0.1, -0.05) is 25.1 Å². The first kappa shape index (κ1) is 14.9. The molecule has 1 aliphatic rings. The average molecular weight is 278 g/mol. The Morgan fingerprint density at radius 1 is 1.16 bits per heavy atom. The molecule has 1 heterocycles. The van der Waals surface area contributed by atoms with Gasteiger partial charge in [0.15, 0.2) is 0 Å². The molecular weight excluding hydrogens is 252 g/mol. The molecule has 0 unspecified atom stereocenters. The molecule has 1 aliphatic heterocycles. The third kappa shape index (κ3) is 5.17. The highest BCUT2D eigenvalue weighted by atomic mass is 32.2. The fourth-order valence-electron chi connectivity index (χ4n) is 2.73. The first-order valence-electron chi connectivity index (χ1n) is 7.52. The van der Waals surface area contributed by atoms with Gasteiger partial charge in [-0.3, -0.25) is 4.90 Å². The second kappa shape index (κ2) is 8.62. The van der Waals surface area contributed by atoms with E-state index >= 15 is 0 Å². The van der Waals surface area contributed by atoms with Crippen LogP contribution in [0.25, 0.3) is 0 Å². The van der Waals surface area contributed by atoms with E-state index in [1.54, 1.807) is 0 Å². The van der Waals surface area contributed by atoms with Crippen molar-refractivity contribution >= 4 is 11.8 Å². The Labute approximate surface area is 122 Å². The molecule has 0 radical (unpaired) electrons. The number of thioether (sulfide) groups is 1. The van der Waals surface area contributed by atoms with Crippen LogP contribution in [0.1, 0.15) is 26.2 Å². The van der Waals surface area contributed by atoms with Crippen LogP contribution in [0.3, 0.4) is 0 Å². The van der Waals surface area contributed by atoms with Crippen molar-refractivity contribution in [3.63, 3.8) is 0 Å². The van der Waals surface area contributed by atoms with E-state index in [2.05, 4.69) is 47.5 Å². The molecule has 19 heavy (non-hydrogen) atoms. The lowest BCUT2D eigenvalue weighted by molar-refractivity contribution is 0.172. The monoisotopic (exact) mass is 278 g/mol. The van der Waals surface area contributed by atoms with Gasteiger partial charge >= 0.3 is 0 Å². The topological polar surface area (TPSA) is 15.3 Å². The molecule has 3 heteroatoms. The molecule has 2 rings (SSSR count). The summed E-state index contributed by atoms with van der Waals surface area (Å²) in [4.78, 5) is 4.10. The molecule has 0 aliphatic carbocycles. The number of nitrogens with zero attached hydrogens (tertiary/aromatic N) is 1. The van der Waals surface area contributed by atoms with Gasteiger partial charge in [-0.15, -0.1) is 11.8 Å². The predicted octanol–water partition coefficient (Wildman–Crippen LogP) is 3.24. The number of benzene rings is 1. The van der Waals surface area contributed by atoms with Crippen molar-refractivity contribution in [3.8, 4) is 0 Å². The summed E-state index contributed by atoms with van der Waals surface area (Å²) in [6, 6.07) is 11.6. The van der Waals surface area contributed by atoms with E-state index in [1.165, 1.54) is 56.1 Å². The maximum Gasteiger partial charge on any atom is 0.0120 e. The van der Waals surface area contributed by atoms with Crippen LogP contribution in [-0.2, 0) is 0 Å². The molecule has 1 saturated heterocycles. The first-order valence-corrected chi connectivity index (χ1v) is 8.51. The number of piperidine rings is 1. The summed E-state index contributed by atoms with van der Waals surface area (Å²) in [6.07, 6.45) is 3.89. The fraction of sp³-hybridized carbons (Fsp3) is 0.625. The van der Waals surface area contributed by atoms with Crippen molar-refractivity contribution in [2.24, 2.45) is 0 Å². The van der Waals surface area contributed by atoms with Crippen molar-refractivity contribution in [2.45, 2.75) is 37.1 Å². The molecule has 0 aromatic heterocycles. The van der Waals surface area contributed by atoms with Crippen LogP contribution in [0, 0.1) is 0 Å². The predicted molar refractivity (Wildman–Crippen MR) is 84.9 cm³/mol. The first-order chi connectivity index (χ1) is 9.40. The van der Waals surface area contributed by atoms with Crippen molar-refractivity contribution in [2.75, 3.05) is 31.9 Å². The molecule has 1 aromatic rings. The fourth-order valence-corrected chi connectivity index (χ4v) is 3.64. The molecule has 0 atom stereocenters. The lowest BCUT2D eigenvalue weighted by Gasteiger charge is -2.34. The third-order valence-corrected chi connectivity index (χ3v) is 4.72. The van der Waals surface area contributed by atoms with Gasteiger partial charge in [0.1, 0.15) is 0 Å². The van der Waals surface area contributed by atoms with Gasteiger partial charge in [0.05, 0.1) is 0 Å². The number of rotatable bonds is 7. The van der Waals surface area contributed by atoms with E-state index in [1.807, 2.05) is 11.8 Å². The zero-order chi connectivity index (χ0) is 13.3. The molecule has 1 aromatic carbocycles. The number of nitrogens with one attached hydrogen (secondary N) is 1. The van der Waals surface area contributed by atoms with Crippen LogP contribution in [0.5, 0.6) is 0 Å². The Morgan fingerprint density at radius 2 is 1.89 bits per heavy atom. The van der Waals surface area contributed by atoms with Crippen molar-refractivity contribution in [1.29, 1.82) is 0 Å². The van der Waals surface area contributed by atoms with Crippen LogP contribution in [0.4, 0.5) is 0 Å². The highest BCUT2D eigenvalue weighted by molar-refractivity contribution is 7.99. The zero-order valence-electron chi connectivity index (χ0n) is 12.0. The lowest BCUT2D eigenvalue weighted by Crippen LogP contribution is -2.44. The third-order valence-electron chi connectivity index (χ3n) is 3.73. The summed E-state index contributed by atoms with van der Waals surface area (Å²) in [5, 5.41) is 3.46. The minimum absolute atomic E-state index is 0.803. The standard InChI is InChI=1S/C16H26N2S/c1-2-12-18(15-8-10-17-11-9-15)13-14-19-16-6-4-3-5-7-16/h3-7,15,17H,2,8-14H2,1H3. The van der Waals surface area contributed by atoms with E-state index in [0.717, 1.165) is 6.04 Å². The summed E-state index contributed by atoms with van der Waals surface area (Å²) in [5.41, 5.74) is 0. The molecule has 0 bridgehead atoms. The Kier molecular flexibility index (Phi) is 6.75. The van der Waals surface area contributed by atoms with Gasteiger partial charge in [-0.2, -0.15) is 0 Å². The van der Waals surface area contributed by atoms with E-state index < -0.39 is 0 Å². The minimum Gasteiger partial charge on any atom is -0.317 e. The average Bonchev–Trinajstić information content (AvgIpc) is 2.48. The van der Waals surface area contributed by atoms with Gasteiger partial charge < -0.3 is 5.32 Å². The van der Waals surface area contributed by atoms with E-state index in [0.29, 0.717) is 0 Å². The quantitative estimate of drug-likeness (QED) is 0.771.